The maximum absolute atomic E-state index is 13.0. The molecule has 11 heteroatoms. The van der Waals surface area contributed by atoms with Crippen LogP contribution in [0.2, 0.25) is 0 Å². The highest BCUT2D eigenvalue weighted by Gasteiger charge is 2.23. The number of hydrogen-bond donors (Lipinski definition) is 1. The molecule has 182 valence electrons. The molecule has 1 N–H and O–H groups in total. The van der Waals surface area contributed by atoms with E-state index in [1.54, 1.807) is 40.9 Å². The van der Waals surface area contributed by atoms with E-state index in [1.165, 1.54) is 12.4 Å². The molecule has 0 radical (unpaired) electrons. The van der Waals surface area contributed by atoms with E-state index in [4.69, 9.17) is 14.2 Å². The van der Waals surface area contributed by atoms with Gasteiger partial charge in [-0.3, -0.25) is 14.3 Å². The van der Waals surface area contributed by atoms with Gasteiger partial charge in [0.25, 0.3) is 11.8 Å². The smallest absolute Gasteiger partial charge is 0.274 e. The van der Waals surface area contributed by atoms with Crippen LogP contribution in [0.3, 0.4) is 0 Å². The molecule has 1 unspecified atom stereocenters. The summed E-state index contributed by atoms with van der Waals surface area (Å²) >= 11 is 0. The summed E-state index contributed by atoms with van der Waals surface area (Å²) in [7, 11) is 1.80. The van der Waals surface area contributed by atoms with E-state index in [1.807, 2.05) is 6.92 Å². The van der Waals surface area contributed by atoms with Crippen molar-refractivity contribution < 1.29 is 23.8 Å². The fourth-order valence-corrected chi connectivity index (χ4v) is 3.72. The summed E-state index contributed by atoms with van der Waals surface area (Å²) < 4.78 is 19.0. The van der Waals surface area contributed by atoms with E-state index in [0.29, 0.717) is 36.1 Å². The van der Waals surface area contributed by atoms with Gasteiger partial charge in [-0.15, -0.1) is 0 Å². The first-order valence-corrected chi connectivity index (χ1v) is 11.5. The number of carbonyl (C=O) groups is 2. The van der Waals surface area contributed by atoms with Crippen LogP contribution in [0.4, 0.5) is 5.82 Å². The van der Waals surface area contributed by atoms with Crippen molar-refractivity contribution >= 4 is 17.6 Å². The molecular formula is C24H26N6O5. The van der Waals surface area contributed by atoms with Gasteiger partial charge in [-0.1, -0.05) is 0 Å². The Hall–Kier alpha value is -3.99. The minimum absolute atomic E-state index is 0.105. The van der Waals surface area contributed by atoms with Gasteiger partial charge in [0.2, 0.25) is 5.88 Å². The molecule has 35 heavy (non-hydrogen) atoms. The van der Waals surface area contributed by atoms with Gasteiger partial charge >= 0.3 is 0 Å². The van der Waals surface area contributed by atoms with E-state index in [-0.39, 0.29) is 29.5 Å². The molecule has 2 aromatic heterocycles. The Morgan fingerprint density at radius 3 is 2.57 bits per heavy atom. The Morgan fingerprint density at radius 1 is 1.11 bits per heavy atom. The van der Waals surface area contributed by atoms with Crippen LogP contribution in [-0.2, 0) is 11.8 Å². The normalized spacial score (nSPS) is 17.1. The van der Waals surface area contributed by atoms with Crippen LogP contribution in [0.15, 0.2) is 36.7 Å². The van der Waals surface area contributed by atoms with Crippen molar-refractivity contribution in [3.05, 3.63) is 53.6 Å². The van der Waals surface area contributed by atoms with Gasteiger partial charge in [0.05, 0.1) is 25.6 Å². The molecule has 3 aromatic rings. The van der Waals surface area contributed by atoms with Crippen LogP contribution in [0.25, 0.3) is 0 Å². The highest BCUT2D eigenvalue weighted by molar-refractivity contribution is 6.04. The molecule has 2 saturated heterocycles. The summed E-state index contributed by atoms with van der Waals surface area (Å²) in [6.45, 7) is 4.49. The number of amides is 2. The summed E-state index contributed by atoms with van der Waals surface area (Å²) in [6, 6.07) is 6.70. The Morgan fingerprint density at radius 2 is 1.94 bits per heavy atom. The molecule has 4 heterocycles. The number of benzene rings is 1. The fourth-order valence-electron chi connectivity index (χ4n) is 3.72. The number of carbonyl (C=O) groups excluding carboxylic acids is 2. The summed E-state index contributed by atoms with van der Waals surface area (Å²) in [5, 5.41) is 7.07. The van der Waals surface area contributed by atoms with Gasteiger partial charge in [0, 0.05) is 49.9 Å². The van der Waals surface area contributed by atoms with E-state index < -0.39 is 0 Å². The van der Waals surface area contributed by atoms with Gasteiger partial charge in [0.15, 0.2) is 5.82 Å². The standard InChI is InChI=1S/C24H26N6O5/c1-15-8-21(28-29(15)2)27-23(31)16-9-18(34-17-4-7-33-14-17)11-19(10-16)35-22-13-25-20(12-26-22)24(32)30-5-3-6-30/h8-13,17H,3-7,14H2,1-2H3,(H,27,28,31). The first-order valence-electron chi connectivity index (χ1n) is 11.5. The molecule has 0 spiro atoms. The summed E-state index contributed by atoms with van der Waals surface area (Å²) in [5.41, 5.74) is 1.51. The third-order valence-electron chi connectivity index (χ3n) is 5.90. The van der Waals surface area contributed by atoms with Crippen molar-refractivity contribution in [3.63, 3.8) is 0 Å². The molecule has 2 aliphatic rings. The van der Waals surface area contributed by atoms with Crippen molar-refractivity contribution in [3.8, 4) is 17.4 Å². The van der Waals surface area contributed by atoms with Crippen LogP contribution in [-0.4, -0.2) is 68.9 Å². The van der Waals surface area contributed by atoms with Crippen LogP contribution < -0.4 is 14.8 Å². The zero-order valence-corrected chi connectivity index (χ0v) is 19.6. The monoisotopic (exact) mass is 478 g/mol. The molecule has 1 aromatic carbocycles. The second kappa shape index (κ2) is 9.71. The van der Waals surface area contributed by atoms with E-state index in [2.05, 4.69) is 20.4 Å². The lowest BCUT2D eigenvalue weighted by Crippen LogP contribution is -2.42. The van der Waals surface area contributed by atoms with E-state index in [9.17, 15) is 9.59 Å². The summed E-state index contributed by atoms with van der Waals surface area (Å²) in [4.78, 5) is 35.4. The lowest BCUT2D eigenvalue weighted by molar-refractivity contribution is 0.0645. The molecule has 0 aliphatic carbocycles. The fraction of sp³-hybridized carbons (Fsp3) is 0.375. The van der Waals surface area contributed by atoms with Gasteiger partial charge in [0.1, 0.15) is 23.3 Å². The molecule has 5 rings (SSSR count). The third-order valence-corrected chi connectivity index (χ3v) is 5.90. The largest absolute Gasteiger partial charge is 0.488 e. The predicted octanol–water partition coefficient (Wildman–Crippen LogP) is 2.58. The Balaban J connectivity index is 1.36. The molecule has 2 amide bonds. The highest BCUT2D eigenvalue weighted by atomic mass is 16.5. The van der Waals surface area contributed by atoms with Crippen LogP contribution in [0, 0.1) is 6.92 Å². The summed E-state index contributed by atoms with van der Waals surface area (Å²) in [5.74, 6) is 0.952. The van der Waals surface area contributed by atoms with Gasteiger partial charge in [-0.05, 0) is 25.5 Å². The van der Waals surface area contributed by atoms with Crippen LogP contribution in [0.1, 0.15) is 39.4 Å². The topological polar surface area (TPSA) is 121 Å². The number of likely N-dealkylation sites (tertiary alicyclic amines) is 1. The highest BCUT2D eigenvalue weighted by Crippen LogP contribution is 2.29. The lowest BCUT2D eigenvalue weighted by atomic mass is 10.2. The van der Waals surface area contributed by atoms with Crippen molar-refractivity contribution in [1.82, 2.24) is 24.6 Å². The van der Waals surface area contributed by atoms with Crippen molar-refractivity contribution in [2.24, 2.45) is 7.05 Å². The predicted molar refractivity (Wildman–Crippen MR) is 125 cm³/mol. The molecule has 2 aliphatic heterocycles. The number of ether oxygens (including phenoxy) is 3. The van der Waals surface area contributed by atoms with Crippen molar-refractivity contribution in [2.45, 2.75) is 25.9 Å². The van der Waals surface area contributed by atoms with Crippen molar-refractivity contribution in [2.75, 3.05) is 31.6 Å². The molecule has 1 atom stereocenters. The number of nitrogens with zero attached hydrogens (tertiary/aromatic N) is 5. The van der Waals surface area contributed by atoms with Crippen molar-refractivity contribution in [1.29, 1.82) is 0 Å². The third kappa shape index (κ3) is 5.24. The van der Waals surface area contributed by atoms with Gasteiger partial charge in [-0.2, -0.15) is 5.10 Å². The molecule has 2 fully saturated rings. The minimum Gasteiger partial charge on any atom is -0.488 e. The Kier molecular flexibility index (Phi) is 6.32. The zero-order valence-electron chi connectivity index (χ0n) is 19.6. The maximum Gasteiger partial charge on any atom is 0.274 e. The number of hydrogen-bond acceptors (Lipinski definition) is 8. The SMILES string of the molecule is Cc1cc(NC(=O)c2cc(Oc3cnc(C(=O)N4CCC4)cn3)cc(OC3CCOC3)c2)nn1C. The molecular weight excluding hydrogens is 452 g/mol. The Labute approximate surface area is 202 Å². The van der Waals surface area contributed by atoms with Gasteiger partial charge in [-0.25, -0.2) is 9.97 Å². The average molecular weight is 479 g/mol. The molecule has 11 nitrogen and oxygen atoms in total. The van der Waals surface area contributed by atoms with Crippen LogP contribution >= 0.6 is 0 Å². The number of rotatable bonds is 7. The summed E-state index contributed by atoms with van der Waals surface area (Å²) in [6.07, 6.45) is 4.44. The maximum atomic E-state index is 13.0. The molecule has 0 bridgehead atoms. The van der Waals surface area contributed by atoms with Gasteiger partial charge < -0.3 is 24.4 Å². The lowest BCUT2D eigenvalue weighted by Gasteiger charge is -2.30. The molecule has 0 saturated carbocycles. The number of anilines is 1. The van der Waals surface area contributed by atoms with E-state index >= 15 is 0 Å². The van der Waals surface area contributed by atoms with Crippen LogP contribution in [0.5, 0.6) is 17.4 Å². The first kappa shape index (κ1) is 22.8. The number of aryl methyl sites for hydroxylation is 2. The second-order valence-electron chi connectivity index (χ2n) is 8.53. The van der Waals surface area contributed by atoms with E-state index in [0.717, 1.165) is 31.6 Å². The first-order chi connectivity index (χ1) is 16.9. The number of aromatic nitrogens is 4. The minimum atomic E-state index is -0.359. The zero-order chi connectivity index (χ0) is 24.4. The average Bonchev–Trinajstić information content (AvgIpc) is 3.42. The second-order valence-corrected chi connectivity index (χ2v) is 8.53. The Bertz CT molecular complexity index is 1210. The quantitative estimate of drug-likeness (QED) is 0.550. The number of nitrogens with one attached hydrogen (secondary N) is 1.